The summed E-state index contributed by atoms with van der Waals surface area (Å²) in [7, 11) is 0. The Hall–Kier alpha value is 0.180. The SMILES string of the molecule is CC/C(Cl)=C/NCS. The molecule has 0 bridgehead atoms. The topological polar surface area (TPSA) is 12.0 Å². The molecule has 0 spiro atoms. The van der Waals surface area contributed by atoms with Gasteiger partial charge in [-0.3, -0.25) is 0 Å². The zero-order valence-corrected chi connectivity index (χ0v) is 6.47. The van der Waals surface area contributed by atoms with E-state index in [9.17, 15) is 0 Å². The summed E-state index contributed by atoms with van der Waals surface area (Å²) in [6.07, 6.45) is 2.64. The highest BCUT2D eigenvalue weighted by Crippen LogP contribution is 2.02. The maximum atomic E-state index is 5.61. The molecule has 1 N–H and O–H groups in total. The molecule has 0 aliphatic carbocycles. The van der Waals surface area contributed by atoms with Crippen LogP contribution in [-0.2, 0) is 0 Å². The van der Waals surface area contributed by atoms with Crippen molar-refractivity contribution in [1.29, 1.82) is 0 Å². The normalized spacial score (nSPS) is 11.6. The molecular formula is C5H10ClNS. The van der Waals surface area contributed by atoms with E-state index in [1.807, 2.05) is 6.92 Å². The van der Waals surface area contributed by atoms with Gasteiger partial charge in [0, 0.05) is 11.2 Å². The molecule has 0 aliphatic rings. The average molecular weight is 152 g/mol. The van der Waals surface area contributed by atoms with Crippen LogP contribution in [0.3, 0.4) is 0 Å². The standard InChI is InChI=1S/C5H10ClNS/c1-2-5(6)3-7-4-8/h3,7-8H,2,4H2,1H3/b5-3-. The fourth-order valence-electron chi connectivity index (χ4n) is 0.258. The first-order valence-corrected chi connectivity index (χ1v) is 3.51. The second-order valence-electron chi connectivity index (χ2n) is 1.31. The Kier molecular flexibility index (Phi) is 5.44. The molecule has 0 fully saturated rings. The molecular weight excluding hydrogens is 142 g/mol. The Morgan fingerprint density at radius 3 is 2.88 bits per heavy atom. The predicted octanol–water partition coefficient (Wildman–Crippen LogP) is 1.95. The molecule has 1 nitrogen and oxygen atoms in total. The third kappa shape index (κ3) is 4.34. The first-order chi connectivity index (χ1) is 3.81. The summed E-state index contributed by atoms with van der Waals surface area (Å²) in [5.74, 6) is 0.635. The Balaban J connectivity index is 3.26. The van der Waals surface area contributed by atoms with Crippen LogP contribution in [0.5, 0.6) is 0 Å². The summed E-state index contributed by atoms with van der Waals surface area (Å²) >= 11 is 9.53. The van der Waals surface area contributed by atoms with Crippen molar-refractivity contribution >= 4 is 24.2 Å². The van der Waals surface area contributed by atoms with Crippen molar-refractivity contribution in [1.82, 2.24) is 5.32 Å². The van der Waals surface area contributed by atoms with Crippen LogP contribution in [0.15, 0.2) is 11.2 Å². The highest BCUT2D eigenvalue weighted by Gasteiger charge is 1.81. The van der Waals surface area contributed by atoms with Gasteiger partial charge in [0.1, 0.15) is 0 Å². The molecule has 0 rings (SSSR count). The lowest BCUT2D eigenvalue weighted by Gasteiger charge is -1.92. The minimum absolute atomic E-state index is 0.635. The van der Waals surface area contributed by atoms with E-state index in [1.54, 1.807) is 6.20 Å². The van der Waals surface area contributed by atoms with Crippen LogP contribution in [0.2, 0.25) is 0 Å². The van der Waals surface area contributed by atoms with E-state index in [0.29, 0.717) is 5.88 Å². The third-order valence-electron chi connectivity index (χ3n) is 0.688. The smallest absolute Gasteiger partial charge is 0.0576 e. The molecule has 8 heavy (non-hydrogen) atoms. The van der Waals surface area contributed by atoms with Crippen LogP contribution < -0.4 is 5.32 Å². The zero-order chi connectivity index (χ0) is 6.41. The van der Waals surface area contributed by atoms with Gasteiger partial charge in [0.05, 0.1) is 5.88 Å². The Morgan fingerprint density at radius 1 is 1.88 bits per heavy atom. The van der Waals surface area contributed by atoms with Gasteiger partial charge in [0.15, 0.2) is 0 Å². The summed E-state index contributed by atoms with van der Waals surface area (Å²) in [5.41, 5.74) is 0. The zero-order valence-electron chi connectivity index (χ0n) is 4.82. The Bertz CT molecular complexity index is 82.5. The van der Waals surface area contributed by atoms with Crippen LogP contribution >= 0.6 is 24.2 Å². The van der Waals surface area contributed by atoms with Gasteiger partial charge in [0.25, 0.3) is 0 Å². The van der Waals surface area contributed by atoms with Gasteiger partial charge in [-0.1, -0.05) is 18.5 Å². The molecule has 0 aromatic heterocycles. The highest BCUT2D eigenvalue weighted by molar-refractivity contribution is 7.80. The summed E-state index contributed by atoms with van der Waals surface area (Å²) in [5, 5.41) is 3.70. The number of hydrogen-bond donors (Lipinski definition) is 2. The van der Waals surface area contributed by atoms with Crippen molar-refractivity contribution in [3.05, 3.63) is 11.2 Å². The molecule has 0 saturated carbocycles. The Labute approximate surface area is 60.5 Å². The van der Waals surface area contributed by atoms with Gasteiger partial charge in [-0.25, -0.2) is 0 Å². The van der Waals surface area contributed by atoms with Crippen LogP contribution in [0, 0.1) is 0 Å². The summed E-state index contributed by atoms with van der Waals surface area (Å²) in [4.78, 5) is 0. The maximum Gasteiger partial charge on any atom is 0.0576 e. The number of thiol groups is 1. The van der Waals surface area contributed by atoms with Gasteiger partial charge >= 0.3 is 0 Å². The van der Waals surface area contributed by atoms with Crippen molar-refractivity contribution in [2.75, 3.05) is 5.88 Å². The predicted molar refractivity (Wildman–Crippen MR) is 41.2 cm³/mol. The molecule has 0 unspecified atom stereocenters. The molecule has 3 heteroatoms. The van der Waals surface area contributed by atoms with Crippen molar-refractivity contribution in [2.24, 2.45) is 0 Å². The molecule has 0 saturated heterocycles. The minimum Gasteiger partial charge on any atom is -0.381 e. The van der Waals surface area contributed by atoms with E-state index in [2.05, 4.69) is 17.9 Å². The van der Waals surface area contributed by atoms with Crippen molar-refractivity contribution in [3.8, 4) is 0 Å². The molecule has 48 valence electrons. The fraction of sp³-hybridized carbons (Fsp3) is 0.600. The van der Waals surface area contributed by atoms with Gasteiger partial charge in [0.2, 0.25) is 0 Å². The quantitative estimate of drug-likeness (QED) is 0.464. The van der Waals surface area contributed by atoms with Crippen molar-refractivity contribution < 1.29 is 0 Å². The van der Waals surface area contributed by atoms with Crippen LogP contribution in [0.1, 0.15) is 13.3 Å². The molecule has 0 amide bonds. The van der Waals surface area contributed by atoms with E-state index >= 15 is 0 Å². The Morgan fingerprint density at radius 2 is 2.50 bits per heavy atom. The molecule has 0 aromatic carbocycles. The van der Waals surface area contributed by atoms with Gasteiger partial charge < -0.3 is 5.32 Å². The summed E-state index contributed by atoms with van der Waals surface area (Å²) < 4.78 is 0. The van der Waals surface area contributed by atoms with E-state index in [0.717, 1.165) is 11.5 Å². The summed E-state index contributed by atoms with van der Waals surface area (Å²) in [6, 6.07) is 0. The second kappa shape index (κ2) is 5.32. The molecule has 0 heterocycles. The lowest BCUT2D eigenvalue weighted by atomic mass is 10.5. The first kappa shape index (κ1) is 8.18. The number of rotatable bonds is 3. The number of halogens is 1. The largest absolute Gasteiger partial charge is 0.381 e. The van der Waals surface area contributed by atoms with Crippen molar-refractivity contribution in [2.45, 2.75) is 13.3 Å². The van der Waals surface area contributed by atoms with E-state index in [-0.39, 0.29) is 0 Å². The third-order valence-corrected chi connectivity index (χ3v) is 1.25. The van der Waals surface area contributed by atoms with Crippen molar-refractivity contribution in [3.63, 3.8) is 0 Å². The molecule has 0 aliphatic heterocycles. The monoisotopic (exact) mass is 151 g/mol. The first-order valence-electron chi connectivity index (χ1n) is 2.50. The van der Waals surface area contributed by atoms with E-state index in [1.165, 1.54) is 0 Å². The number of allylic oxidation sites excluding steroid dienone is 1. The van der Waals surface area contributed by atoms with Gasteiger partial charge in [-0.05, 0) is 6.42 Å². The van der Waals surface area contributed by atoms with Crippen LogP contribution in [-0.4, -0.2) is 5.88 Å². The minimum atomic E-state index is 0.635. The molecule has 0 aromatic rings. The molecule has 0 radical (unpaired) electrons. The second-order valence-corrected chi connectivity index (χ2v) is 2.11. The lowest BCUT2D eigenvalue weighted by Crippen LogP contribution is -2.00. The maximum absolute atomic E-state index is 5.61. The molecule has 0 atom stereocenters. The van der Waals surface area contributed by atoms with Gasteiger partial charge in [-0.2, -0.15) is 12.6 Å². The van der Waals surface area contributed by atoms with Crippen LogP contribution in [0.25, 0.3) is 0 Å². The number of nitrogens with one attached hydrogen (secondary N) is 1. The summed E-state index contributed by atoms with van der Waals surface area (Å²) in [6.45, 7) is 2.00. The average Bonchev–Trinajstić information content (AvgIpc) is 1.83. The fourth-order valence-corrected chi connectivity index (χ4v) is 0.427. The van der Waals surface area contributed by atoms with E-state index in [4.69, 9.17) is 11.6 Å². The lowest BCUT2D eigenvalue weighted by molar-refractivity contribution is 1.03. The van der Waals surface area contributed by atoms with Gasteiger partial charge in [-0.15, -0.1) is 0 Å². The highest BCUT2D eigenvalue weighted by atomic mass is 35.5. The van der Waals surface area contributed by atoms with Crippen LogP contribution in [0.4, 0.5) is 0 Å². The van der Waals surface area contributed by atoms with E-state index < -0.39 is 0 Å². The number of hydrogen-bond acceptors (Lipinski definition) is 2.